The summed E-state index contributed by atoms with van der Waals surface area (Å²) in [6.45, 7) is 13.0. The molecule has 0 aromatic rings. The lowest BCUT2D eigenvalue weighted by atomic mass is 9.44. The van der Waals surface area contributed by atoms with Gasteiger partial charge in [-0.2, -0.15) is 0 Å². The number of hydrogen-bond acceptors (Lipinski definition) is 3. The van der Waals surface area contributed by atoms with Crippen LogP contribution in [0.15, 0.2) is 0 Å². The van der Waals surface area contributed by atoms with Gasteiger partial charge in [0.05, 0.1) is 5.92 Å². The van der Waals surface area contributed by atoms with Crippen molar-refractivity contribution in [2.24, 2.45) is 52.3 Å². The Morgan fingerprint density at radius 2 is 1.53 bits per heavy atom. The van der Waals surface area contributed by atoms with Gasteiger partial charge in [-0.05, 0) is 105 Å². The lowest BCUT2D eigenvalue weighted by Gasteiger charge is -2.61. The van der Waals surface area contributed by atoms with Crippen molar-refractivity contribution in [2.75, 3.05) is 0 Å². The molecule has 9 atom stereocenters. The second-order valence-electron chi connectivity index (χ2n) is 12.3. The monoisotopic (exact) mass is 416 g/mol. The number of Topliss-reactive ketones (excluding diaryl/α,β-unsaturated/α-hetero) is 1. The SMILES string of the molecule is CC(=O)[C@H]1CCC2C3CC[C@H]4C[C@H](OC(=O)[C@@H](C)C(C)C)CC[C@]4(C)C3CC[C@@]21C. The first-order valence-corrected chi connectivity index (χ1v) is 12.8. The average Bonchev–Trinajstić information content (AvgIpc) is 3.05. The Balaban J connectivity index is 1.45. The lowest BCUT2D eigenvalue weighted by molar-refractivity contribution is -0.167. The summed E-state index contributed by atoms with van der Waals surface area (Å²) >= 11 is 0. The summed E-state index contributed by atoms with van der Waals surface area (Å²) in [5, 5.41) is 0. The van der Waals surface area contributed by atoms with Crippen LogP contribution in [0, 0.1) is 52.3 Å². The molecule has 0 amide bonds. The highest BCUT2D eigenvalue weighted by Crippen LogP contribution is 2.67. The maximum absolute atomic E-state index is 12.5. The third-order valence-electron chi connectivity index (χ3n) is 10.8. The van der Waals surface area contributed by atoms with Gasteiger partial charge in [0, 0.05) is 5.92 Å². The Kier molecular flexibility index (Phi) is 5.90. The molecule has 0 radical (unpaired) electrons. The van der Waals surface area contributed by atoms with E-state index in [0.29, 0.717) is 29.0 Å². The van der Waals surface area contributed by atoms with Crippen LogP contribution in [-0.4, -0.2) is 17.9 Å². The molecule has 0 saturated heterocycles. The van der Waals surface area contributed by atoms with Gasteiger partial charge >= 0.3 is 5.97 Å². The number of carbonyl (C=O) groups excluding carboxylic acids is 2. The minimum Gasteiger partial charge on any atom is -0.462 e. The molecule has 170 valence electrons. The number of fused-ring (bicyclic) bond motifs is 5. The Bertz CT molecular complexity index is 684. The zero-order chi connectivity index (χ0) is 21.8. The van der Waals surface area contributed by atoms with Gasteiger partial charge in [0.25, 0.3) is 0 Å². The minimum atomic E-state index is -0.0124. The lowest BCUT2D eigenvalue weighted by Crippen LogP contribution is -2.54. The predicted octanol–water partition coefficient (Wildman–Crippen LogP) is 6.44. The Hall–Kier alpha value is -0.860. The molecule has 0 heterocycles. The second-order valence-corrected chi connectivity index (χ2v) is 12.3. The van der Waals surface area contributed by atoms with Crippen LogP contribution in [0.25, 0.3) is 0 Å². The molecule has 0 aliphatic heterocycles. The number of ether oxygens (including phenoxy) is 1. The van der Waals surface area contributed by atoms with Crippen LogP contribution in [0.2, 0.25) is 0 Å². The number of ketones is 1. The zero-order valence-electron chi connectivity index (χ0n) is 20.2. The van der Waals surface area contributed by atoms with Gasteiger partial charge in [0.15, 0.2) is 0 Å². The van der Waals surface area contributed by atoms with Gasteiger partial charge in [-0.1, -0.05) is 34.6 Å². The first-order chi connectivity index (χ1) is 14.1. The largest absolute Gasteiger partial charge is 0.462 e. The summed E-state index contributed by atoms with van der Waals surface area (Å²) in [6, 6.07) is 0. The van der Waals surface area contributed by atoms with Gasteiger partial charge < -0.3 is 4.74 Å². The molecule has 4 fully saturated rings. The smallest absolute Gasteiger partial charge is 0.309 e. The summed E-state index contributed by atoms with van der Waals surface area (Å²) < 4.78 is 5.99. The number of carbonyl (C=O) groups is 2. The Morgan fingerprint density at radius 3 is 2.20 bits per heavy atom. The van der Waals surface area contributed by atoms with Crippen molar-refractivity contribution in [3.05, 3.63) is 0 Å². The van der Waals surface area contributed by atoms with E-state index in [1.807, 2.05) is 13.8 Å². The molecule has 4 aliphatic rings. The van der Waals surface area contributed by atoms with E-state index in [0.717, 1.165) is 37.0 Å². The Morgan fingerprint density at radius 1 is 0.867 bits per heavy atom. The first-order valence-electron chi connectivity index (χ1n) is 12.8. The van der Waals surface area contributed by atoms with Crippen molar-refractivity contribution in [3.8, 4) is 0 Å². The van der Waals surface area contributed by atoms with E-state index in [4.69, 9.17) is 4.74 Å². The molecule has 3 unspecified atom stereocenters. The second kappa shape index (κ2) is 7.93. The summed E-state index contributed by atoms with van der Waals surface area (Å²) in [5.41, 5.74) is 0.640. The third kappa shape index (κ3) is 3.47. The fourth-order valence-corrected chi connectivity index (χ4v) is 8.54. The van der Waals surface area contributed by atoms with Crippen molar-refractivity contribution in [2.45, 2.75) is 105 Å². The molecule has 0 spiro atoms. The van der Waals surface area contributed by atoms with E-state index < -0.39 is 0 Å². The highest BCUT2D eigenvalue weighted by molar-refractivity contribution is 5.79. The van der Waals surface area contributed by atoms with Crippen molar-refractivity contribution in [1.82, 2.24) is 0 Å². The Labute approximate surface area is 184 Å². The van der Waals surface area contributed by atoms with Crippen LogP contribution in [0.1, 0.15) is 99.3 Å². The topological polar surface area (TPSA) is 43.4 Å². The van der Waals surface area contributed by atoms with Gasteiger partial charge in [-0.3, -0.25) is 9.59 Å². The fraction of sp³-hybridized carbons (Fsp3) is 0.926. The molecule has 4 rings (SSSR count). The van der Waals surface area contributed by atoms with E-state index in [1.54, 1.807) is 0 Å². The molecule has 3 nitrogen and oxygen atoms in total. The van der Waals surface area contributed by atoms with E-state index >= 15 is 0 Å². The quantitative estimate of drug-likeness (QED) is 0.495. The molecule has 4 saturated carbocycles. The summed E-state index contributed by atoms with van der Waals surface area (Å²) in [7, 11) is 0. The maximum Gasteiger partial charge on any atom is 0.309 e. The summed E-state index contributed by atoms with van der Waals surface area (Å²) in [6.07, 6.45) is 10.9. The van der Waals surface area contributed by atoms with E-state index in [1.165, 1.54) is 38.5 Å². The number of hydrogen-bond donors (Lipinski definition) is 0. The van der Waals surface area contributed by atoms with E-state index in [2.05, 4.69) is 27.7 Å². The zero-order valence-corrected chi connectivity index (χ0v) is 20.2. The molecule has 30 heavy (non-hydrogen) atoms. The summed E-state index contributed by atoms with van der Waals surface area (Å²) in [4.78, 5) is 24.8. The molecular weight excluding hydrogens is 372 g/mol. The third-order valence-corrected chi connectivity index (χ3v) is 10.8. The van der Waals surface area contributed by atoms with Crippen LogP contribution < -0.4 is 0 Å². The minimum absolute atomic E-state index is 0.00181. The molecule has 0 aromatic carbocycles. The first kappa shape index (κ1) is 22.3. The molecule has 4 aliphatic carbocycles. The molecule has 0 N–H and O–H groups in total. The summed E-state index contributed by atoms with van der Waals surface area (Å²) in [5.74, 6) is 4.08. The van der Waals surface area contributed by atoms with Crippen molar-refractivity contribution in [3.63, 3.8) is 0 Å². The van der Waals surface area contributed by atoms with Crippen LogP contribution in [-0.2, 0) is 14.3 Å². The van der Waals surface area contributed by atoms with Crippen LogP contribution >= 0.6 is 0 Å². The van der Waals surface area contributed by atoms with Gasteiger partial charge in [-0.25, -0.2) is 0 Å². The van der Waals surface area contributed by atoms with Crippen molar-refractivity contribution in [1.29, 1.82) is 0 Å². The maximum atomic E-state index is 12.5. The van der Waals surface area contributed by atoms with Gasteiger partial charge in [-0.15, -0.1) is 0 Å². The van der Waals surface area contributed by atoms with Crippen LogP contribution in [0.3, 0.4) is 0 Å². The van der Waals surface area contributed by atoms with Gasteiger partial charge in [0.2, 0.25) is 0 Å². The van der Waals surface area contributed by atoms with Crippen LogP contribution in [0.5, 0.6) is 0 Å². The van der Waals surface area contributed by atoms with E-state index in [9.17, 15) is 9.59 Å². The molecule has 3 heteroatoms. The average molecular weight is 417 g/mol. The number of rotatable bonds is 4. The van der Waals surface area contributed by atoms with Crippen LogP contribution in [0.4, 0.5) is 0 Å². The van der Waals surface area contributed by atoms with E-state index in [-0.39, 0.29) is 23.4 Å². The predicted molar refractivity (Wildman–Crippen MR) is 120 cm³/mol. The normalized spacial score (nSPS) is 46.5. The van der Waals surface area contributed by atoms with Crippen molar-refractivity contribution >= 4 is 11.8 Å². The fourth-order valence-electron chi connectivity index (χ4n) is 8.54. The van der Waals surface area contributed by atoms with Gasteiger partial charge in [0.1, 0.15) is 11.9 Å². The molecule has 0 aromatic heterocycles. The van der Waals surface area contributed by atoms with Crippen molar-refractivity contribution < 1.29 is 14.3 Å². The highest BCUT2D eigenvalue weighted by atomic mass is 16.5. The molecular formula is C27H44O3. The standard InChI is InChI=1S/C27H44O3/c1-16(2)17(3)25(29)30-20-11-13-26(5)19(15-20)7-8-21-23-10-9-22(18(4)28)27(23,6)14-12-24(21)26/h16-17,19-24H,7-15H2,1-6H3/t17-,19-,20+,21?,22+,23?,24?,26-,27+/m0/s1. The number of esters is 1. The molecule has 0 bridgehead atoms. The highest BCUT2D eigenvalue weighted by Gasteiger charge is 2.60.